The number of hydrogen-bond donors (Lipinski definition) is 0. The van der Waals surface area contributed by atoms with Gasteiger partial charge in [-0.15, -0.1) is 6.58 Å². The average molecular weight is 320 g/mol. The number of ether oxygens (including phenoxy) is 1. The largest absolute Gasteiger partial charge is 0.373 e. The van der Waals surface area contributed by atoms with Crippen molar-refractivity contribution in [2.75, 3.05) is 13.1 Å². The predicted octanol–water partition coefficient (Wildman–Crippen LogP) is 3.48. The SMILES string of the molecule is C=CCn1c(CN2CC(C)OC(C)C2)nc2ccc(Cl)cc21. The van der Waals surface area contributed by atoms with Crippen molar-refractivity contribution in [2.45, 2.75) is 39.1 Å². The zero-order valence-corrected chi connectivity index (χ0v) is 13.9. The smallest absolute Gasteiger partial charge is 0.124 e. The fourth-order valence-corrected chi connectivity index (χ4v) is 3.38. The maximum atomic E-state index is 6.14. The van der Waals surface area contributed by atoms with Crippen LogP contribution < -0.4 is 0 Å². The summed E-state index contributed by atoms with van der Waals surface area (Å²) in [4.78, 5) is 7.19. The highest BCUT2D eigenvalue weighted by Gasteiger charge is 2.23. The van der Waals surface area contributed by atoms with Crippen molar-refractivity contribution in [3.8, 4) is 0 Å². The Bertz CT molecular complexity index is 672. The van der Waals surface area contributed by atoms with Gasteiger partial charge in [0.25, 0.3) is 0 Å². The summed E-state index contributed by atoms with van der Waals surface area (Å²) in [6, 6.07) is 5.84. The van der Waals surface area contributed by atoms with E-state index in [0.29, 0.717) is 0 Å². The van der Waals surface area contributed by atoms with E-state index in [0.717, 1.165) is 48.1 Å². The van der Waals surface area contributed by atoms with Crippen LogP contribution in [-0.2, 0) is 17.8 Å². The average Bonchev–Trinajstić information content (AvgIpc) is 2.76. The lowest BCUT2D eigenvalue weighted by molar-refractivity contribution is -0.0712. The van der Waals surface area contributed by atoms with Crippen molar-refractivity contribution in [2.24, 2.45) is 0 Å². The molecular formula is C17H22ClN3O. The summed E-state index contributed by atoms with van der Waals surface area (Å²) in [7, 11) is 0. The maximum Gasteiger partial charge on any atom is 0.124 e. The van der Waals surface area contributed by atoms with Crippen molar-refractivity contribution >= 4 is 22.6 Å². The number of imidazole rings is 1. The highest BCUT2D eigenvalue weighted by atomic mass is 35.5. The Morgan fingerprint density at radius 1 is 1.36 bits per heavy atom. The molecule has 5 heteroatoms. The van der Waals surface area contributed by atoms with E-state index >= 15 is 0 Å². The minimum atomic E-state index is 0.260. The van der Waals surface area contributed by atoms with Crippen LogP contribution in [0.15, 0.2) is 30.9 Å². The summed E-state index contributed by atoms with van der Waals surface area (Å²) in [6.45, 7) is 11.5. The van der Waals surface area contributed by atoms with Gasteiger partial charge in [-0.1, -0.05) is 17.7 Å². The van der Waals surface area contributed by atoms with Crippen molar-refractivity contribution in [1.29, 1.82) is 0 Å². The van der Waals surface area contributed by atoms with Gasteiger partial charge < -0.3 is 9.30 Å². The Morgan fingerprint density at radius 3 is 2.77 bits per heavy atom. The molecule has 0 aliphatic carbocycles. The molecule has 2 heterocycles. The van der Waals surface area contributed by atoms with Crippen molar-refractivity contribution < 1.29 is 4.74 Å². The van der Waals surface area contributed by atoms with E-state index in [2.05, 4.69) is 29.9 Å². The van der Waals surface area contributed by atoms with Crippen LogP contribution in [0.25, 0.3) is 11.0 Å². The topological polar surface area (TPSA) is 30.3 Å². The standard InChI is InChI=1S/C17H22ClN3O/c1-4-7-21-16-8-14(18)5-6-15(16)19-17(21)11-20-9-12(2)22-13(3)10-20/h4-6,8,12-13H,1,7,9-11H2,2-3H3. The molecule has 1 fully saturated rings. The van der Waals surface area contributed by atoms with Gasteiger partial charge in [0.1, 0.15) is 5.82 Å². The molecule has 2 atom stereocenters. The molecule has 4 nitrogen and oxygen atoms in total. The number of aromatic nitrogens is 2. The Kier molecular flexibility index (Phi) is 4.52. The van der Waals surface area contributed by atoms with Gasteiger partial charge in [0.15, 0.2) is 0 Å². The molecule has 1 aromatic carbocycles. The van der Waals surface area contributed by atoms with Gasteiger partial charge in [-0.2, -0.15) is 0 Å². The molecule has 0 bridgehead atoms. The molecular weight excluding hydrogens is 298 g/mol. The van der Waals surface area contributed by atoms with Crippen LogP contribution in [0.2, 0.25) is 5.02 Å². The lowest BCUT2D eigenvalue weighted by Crippen LogP contribution is -2.45. The van der Waals surface area contributed by atoms with Crippen LogP contribution in [0.5, 0.6) is 0 Å². The van der Waals surface area contributed by atoms with Gasteiger partial charge in [-0.05, 0) is 32.0 Å². The molecule has 0 N–H and O–H groups in total. The van der Waals surface area contributed by atoms with Gasteiger partial charge in [0, 0.05) is 24.7 Å². The second kappa shape index (κ2) is 6.41. The molecule has 22 heavy (non-hydrogen) atoms. The number of benzene rings is 1. The van der Waals surface area contributed by atoms with E-state index in [1.807, 2.05) is 24.3 Å². The molecule has 118 valence electrons. The molecule has 2 unspecified atom stereocenters. The first-order valence-corrected chi connectivity index (χ1v) is 8.08. The van der Waals surface area contributed by atoms with Crippen LogP contribution in [-0.4, -0.2) is 39.7 Å². The van der Waals surface area contributed by atoms with E-state index in [1.54, 1.807) is 0 Å². The number of fused-ring (bicyclic) bond motifs is 1. The van der Waals surface area contributed by atoms with Crippen LogP contribution >= 0.6 is 11.6 Å². The van der Waals surface area contributed by atoms with Crippen LogP contribution in [0, 0.1) is 0 Å². The van der Waals surface area contributed by atoms with Gasteiger partial charge >= 0.3 is 0 Å². The molecule has 0 spiro atoms. The van der Waals surface area contributed by atoms with Gasteiger partial charge in [0.05, 0.1) is 29.8 Å². The Labute approximate surface area is 136 Å². The Balaban J connectivity index is 1.92. The Hall–Kier alpha value is -1.36. The highest BCUT2D eigenvalue weighted by molar-refractivity contribution is 6.31. The Morgan fingerprint density at radius 2 is 2.09 bits per heavy atom. The normalized spacial score (nSPS) is 23.0. The summed E-state index contributed by atoms with van der Waals surface area (Å²) in [5.41, 5.74) is 2.05. The van der Waals surface area contributed by atoms with Gasteiger partial charge in [-0.25, -0.2) is 4.98 Å². The molecule has 0 amide bonds. The first-order valence-electron chi connectivity index (χ1n) is 7.70. The minimum Gasteiger partial charge on any atom is -0.373 e. The molecule has 2 aromatic rings. The zero-order chi connectivity index (χ0) is 15.7. The molecule has 1 aliphatic heterocycles. The van der Waals surface area contributed by atoms with E-state index < -0.39 is 0 Å². The van der Waals surface area contributed by atoms with Crippen LogP contribution in [0.4, 0.5) is 0 Å². The summed E-state index contributed by atoms with van der Waals surface area (Å²) >= 11 is 6.14. The molecule has 1 aromatic heterocycles. The van der Waals surface area contributed by atoms with Crippen LogP contribution in [0.3, 0.4) is 0 Å². The summed E-state index contributed by atoms with van der Waals surface area (Å²) < 4.78 is 8.00. The third-order valence-corrected chi connectivity index (χ3v) is 4.20. The second-order valence-electron chi connectivity index (χ2n) is 6.01. The maximum absolute atomic E-state index is 6.14. The molecule has 1 aliphatic rings. The first kappa shape index (κ1) is 15.5. The number of halogens is 1. The van der Waals surface area contributed by atoms with Crippen molar-refractivity contribution in [3.05, 3.63) is 41.7 Å². The fraction of sp³-hybridized carbons (Fsp3) is 0.471. The quantitative estimate of drug-likeness (QED) is 0.808. The molecule has 3 rings (SSSR count). The molecule has 0 saturated carbocycles. The summed E-state index contributed by atoms with van der Waals surface area (Å²) in [6.07, 6.45) is 2.42. The summed E-state index contributed by atoms with van der Waals surface area (Å²) in [5.74, 6) is 1.05. The van der Waals surface area contributed by atoms with Gasteiger partial charge in [-0.3, -0.25) is 4.90 Å². The highest BCUT2D eigenvalue weighted by Crippen LogP contribution is 2.22. The molecule has 0 radical (unpaired) electrons. The number of hydrogen-bond acceptors (Lipinski definition) is 3. The summed E-state index contributed by atoms with van der Waals surface area (Å²) in [5, 5.41) is 0.734. The number of allylic oxidation sites excluding steroid dienone is 1. The van der Waals surface area contributed by atoms with E-state index in [1.165, 1.54) is 0 Å². The second-order valence-corrected chi connectivity index (χ2v) is 6.45. The lowest BCUT2D eigenvalue weighted by atomic mass is 10.2. The van der Waals surface area contributed by atoms with Crippen LogP contribution in [0.1, 0.15) is 19.7 Å². The zero-order valence-electron chi connectivity index (χ0n) is 13.1. The van der Waals surface area contributed by atoms with E-state index in [-0.39, 0.29) is 12.2 Å². The van der Waals surface area contributed by atoms with Crippen molar-refractivity contribution in [1.82, 2.24) is 14.5 Å². The van der Waals surface area contributed by atoms with Crippen molar-refractivity contribution in [3.63, 3.8) is 0 Å². The molecule has 1 saturated heterocycles. The first-order chi connectivity index (χ1) is 10.6. The van der Waals surface area contributed by atoms with E-state index in [9.17, 15) is 0 Å². The fourth-order valence-electron chi connectivity index (χ4n) is 3.21. The minimum absolute atomic E-state index is 0.260. The lowest BCUT2D eigenvalue weighted by Gasteiger charge is -2.35. The predicted molar refractivity (Wildman–Crippen MR) is 90.2 cm³/mol. The number of rotatable bonds is 4. The van der Waals surface area contributed by atoms with E-state index in [4.69, 9.17) is 21.3 Å². The number of morpholine rings is 1. The third kappa shape index (κ3) is 3.19. The monoisotopic (exact) mass is 319 g/mol. The van der Waals surface area contributed by atoms with Gasteiger partial charge in [0.2, 0.25) is 0 Å². The number of nitrogens with zero attached hydrogens (tertiary/aromatic N) is 3. The third-order valence-electron chi connectivity index (χ3n) is 3.96.